The lowest BCUT2D eigenvalue weighted by molar-refractivity contribution is 0.0938. The van der Waals surface area contributed by atoms with E-state index in [1.807, 2.05) is 6.07 Å². The Morgan fingerprint density at radius 3 is 2.59 bits per heavy atom. The molecule has 0 aliphatic heterocycles. The van der Waals surface area contributed by atoms with Crippen molar-refractivity contribution in [3.63, 3.8) is 0 Å². The van der Waals surface area contributed by atoms with Gasteiger partial charge in [-0.1, -0.05) is 22.0 Å². The fourth-order valence-corrected chi connectivity index (χ4v) is 2.46. The highest BCUT2D eigenvalue weighted by molar-refractivity contribution is 9.10. The van der Waals surface area contributed by atoms with Gasteiger partial charge in [-0.15, -0.1) is 10.2 Å². The van der Waals surface area contributed by atoms with E-state index in [2.05, 4.69) is 36.4 Å². The van der Waals surface area contributed by atoms with E-state index in [0.29, 0.717) is 11.3 Å². The van der Waals surface area contributed by atoms with Crippen molar-refractivity contribution in [2.24, 2.45) is 0 Å². The summed E-state index contributed by atoms with van der Waals surface area (Å²) >= 11 is 3.30. The molecule has 0 radical (unpaired) electrons. The standard InChI is InChI=1S/C13H13BrN4O3S/c1-8(11-7-15-13(18-17-11)22(2,20)21)16-12(19)9-4-3-5-10(14)6-9/h3-8H,1-2H3,(H,16,19). The number of benzene rings is 1. The van der Waals surface area contributed by atoms with E-state index < -0.39 is 15.9 Å². The van der Waals surface area contributed by atoms with Crippen molar-refractivity contribution < 1.29 is 13.2 Å². The van der Waals surface area contributed by atoms with Crippen molar-refractivity contribution in [2.45, 2.75) is 18.1 Å². The summed E-state index contributed by atoms with van der Waals surface area (Å²) in [5.41, 5.74) is 0.866. The van der Waals surface area contributed by atoms with Crippen LogP contribution in [0.15, 0.2) is 40.1 Å². The van der Waals surface area contributed by atoms with Crippen LogP contribution in [0.25, 0.3) is 0 Å². The van der Waals surface area contributed by atoms with Crippen LogP contribution in [-0.2, 0) is 9.84 Å². The molecular formula is C13H13BrN4O3S. The molecule has 1 unspecified atom stereocenters. The van der Waals surface area contributed by atoms with Crippen molar-refractivity contribution in [1.82, 2.24) is 20.5 Å². The molecule has 0 saturated heterocycles. The summed E-state index contributed by atoms with van der Waals surface area (Å²) in [5.74, 6) is -0.275. The average molecular weight is 385 g/mol. The SMILES string of the molecule is CC(NC(=O)c1cccc(Br)c1)c1cnc(S(C)(=O)=O)nn1. The first kappa shape index (κ1) is 16.5. The Kier molecular flexibility index (Phi) is 4.87. The molecule has 22 heavy (non-hydrogen) atoms. The average Bonchev–Trinajstić information content (AvgIpc) is 2.46. The zero-order valence-electron chi connectivity index (χ0n) is 11.8. The van der Waals surface area contributed by atoms with Crippen LogP contribution in [0.5, 0.6) is 0 Å². The highest BCUT2D eigenvalue weighted by Crippen LogP contribution is 2.14. The summed E-state index contributed by atoms with van der Waals surface area (Å²) < 4.78 is 23.3. The van der Waals surface area contributed by atoms with Crippen LogP contribution in [0, 0.1) is 0 Å². The molecule has 1 aromatic heterocycles. The Bertz CT molecular complexity index is 793. The summed E-state index contributed by atoms with van der Waals surface area (Å²) in [4.78, 5) is 15.9. The molecule has 1 N–H and O–H groups in total. The molecule has 0 saturated carbocycles. The first-order valence-electron chi connectivity index (χ1n) is 6.23. The summed E-state index contributed by atoms with van der Waals surface area (Å²) in [5, 5.41) is 9.75. The number of carbonyl (C=O) groups excluding carboxylic acids is 1. The van der Waals surface area contributed by atoms with Gasteiger partial charge in [0.05, 0.1) is 12.2 Å². The van der Waals surface area contributed by atoms with E-state index in [4.69, 9.17) is 0 Å². The van der Waals surface area contributed by atoms with E-state index in [-0.39, 0.29) is 11.1 Å². The van der Waals surface area contributed by atoms with Crippen LogP contribution in [0.3, 0.4) is 0 Å². The van der Waals surface area contributed by atoms with E-state index in [1.165, 1.54) is 6.20 Å². The number of halogens is 1. The Balaban J connectivity index is 2.12. The molecule has 2 rings (SSSR count). The molecule has 116 valence electrons. The van der Waals surface area contributed by atoms with Gasteiger partial charge in [-0.2, -0.15) is 0 Å². The molecule has 0 spiro atoms. The molecule has 1 amide bonds. The molecule has 0 aliphatic carbocycles. The molecule has 1 aromatic carbocycles. The minimum absolute atomic E-state index is 0.275. The Morgan fingerprint density at radius 2 is 2.05 bits per heavy atom. The molecule has 2 aromatic rings. The molecule has 1 atom stereocenters. The predicted molar refractivity (Wildman–Crippen MR) is 83.0 cm³/mol. The lowest BCUT2D eigenvalue weighted by Gasteiger charge is -2.12. The van der Waals surface area contributed by atoms with Crippen LogP contribution in [0.1, 0.15) is 29.0 Å². The van der Waals surface area contributed by atoms with Crippen LogP contribution >= 0.6 is 15.9 Å². The molecular weight excluding hydrogens is 372 g/mol. The number of hydrogen-bond acceptors (Lipinski definition) is 6. The second kappa shape index (κ2) is 6.49. The van der Waals surface area contributed by atoms with Gasteiger partial charge in [0, 0.05) is 16.3 Å². The molecule has 9 heteroatoms. The van der Waals surface area contributed by atoms with Crippen LogP contribution in [0.4, 0.5) is 0 Å². The maximum Gasteiger partial charge on any atom is 0.267 e. The number of rotatable bonds is 4. The second-order valence-corrected chi connectivity index (χ2v) is 7.47. The number of aromatic nitrogens is 3. The third kappa shape index (κ3) is 4.08. The van der Waals surface area contributed by atoms with Crippen molar-refractivity contribution in [2.75, 3.05) is 6.26 Å². The zero-order valence-corrected chi connectivity index (χ0v) is 14.2. The van der Waals surface area contributed by atoms with E-state index in [0.717, 1.165) is 10.7 Å². The van der Waals surface area contributed by atoms with Crippen molar-refractivity contribution in [1.29, 1.82) is 0 Å². The number of nitrogens with zero attached hydrogens (tertiary/aromatic N) is 3. The van der Waals surface area contributed by atoms with Gasteiger partial charge in [0.1, 0.15) is 5.69 Å². The van der Waals surface area contributed by atoms with Crippen molar-refractivity contribution in [3.8, 4) is 0 Å². The fourth-order valence-electron chi connectivity index (χ4n) is 1.63. The monoisotopic (exact) mass is 384 g/mol. The molecule has 1 heterocycles. The number of nitrogens with one attached hydrogen (secondary N) is 1. The van der Waals surface area contributed by atoms with Crippen LogP contribution in [0.2, 0.25) is 0 Å². The van der Waals surface area contributed by atoms with Gasteiger partial charge in [0.15, 0.2) is 0 Å². The topological polar surface area (TPSA) is 102 Å². The summed E-state index contributed by atoms with van der Waals surface area (Å²) in [6.07, 6.45) is 2.29. The first-order valence-corrected chi connectivity index (χ1v) is 8.92. The Labute approximate surface area is 136 Å². The van der Waals surface area contributed by atoms with Gasteiger partial charge in [0.25, 0.3) is 11.1 Å². The van der Waals surface area contributed by atoms with Crippen molar-refractivity contribution in [3.05, 3.63) is 46.2 Å². The Morgan fingerprint density at radius 1 is 1.32 bits per heavy atom. The van der Waals surface area contributed by atoms with Crippen LogP contribution < -0.4 is 5.32 Å². The van der Waals surface area contributed by atoms with Crippen LogP contribution in [-0.4, -0.2) is 35.8 Å². The number of carbonyl (C=O) groups is 1. The first-order chi connectivity index (χ1) is 10.3. The fraction of sp³-hybridized carbons (Fsp3) is 0.231. The van der Waals surface area contributed by atoms with Gasteiger partial charge >= 0.3 is 0 Å². The third-order valence-electron chi connectivity index (χ3n) is 2.77. The molecule has 0 bridgehead atoms. The maximum absolute atomic E-state index is 12.1. The van der Waals surface area contributed by atoms with Gasteiger partial charge < -0.3 is 5.32 Å². The minimum Gasteiger partial charge on any atom is -0.344 e. The van der Waals surface area contributed by atoms with E-state index >= 15 is 0 Å². The predicted octanol–water partition coefficient (Wildman–Crippen LogP) is 1.53. The third-order valence-corrected chi connectivity index (χ3v) is 4.11. The number of hydrogen-bond donors (Lipinski definition) is 1. The summed E-state index contributed by atoms with van der Waals surface area (Å²) in [6, 6.07) is 6.49. The number of amides is 1. The molecule has 0 aliphatic rings. The molecule has 7 nitrogen and oxygen atoms in total. The van der Waals surface area contributed by atoms with E-state index in [1.54, 1.807) is 25.1 Å². The van der Waals surface area contributed by atoms with Gasteiger partial charge in [-0.25, -0.2) is 13.4 Å². The minimum atomic E-state index is -3.49. The van der Waals surface area contributed by atoms with Crippen molar-refractivity contribution >= 4 is 31.7 Å². The normalized spacial score (nSPS) is 12.7. The molecule has 0 fully saturated rings. The van der Waals surface area contributed by atoms with Gasteiger partial charge in [-0.05, 0) is 25.1 Å². The van der Waals surface area contributed by atoms with E-state index in [9.17, 15) is 13.2 Å². The largest absolute Gasteiger partial charge is 0.344 e. The number of sulfone groups is 1. The lowest BCUT2D eigenvalue weighted by Crippen LogP contribution is -2.27. The maximum atomic E-state index is 12.1. The van der Waals surface area contributed by atoms with Gasteiger partial charge in [-0.3, -0.25) is 4.79 Å². The smallest absolute Gasteiger partial charge is 0.267 e. The highest BCUT2D eigenvalue weighted by atomic mass is 79.9. The van der Waals surface area contributed by atoms with Gasteiger partial charge in [0.2, 0.25) is 9.84 Å². The zero-order chi connectivity index (χ0) is 16.3. The second-order valence-electron chi connectivity index (χ2n) is 4.64. The summed E-state index contributed by atoms with van der Waals surface area (Å²) in [7, 11) is -3.49. The Hall–Kier alpha value is -1.87. The highest BCUT2D eigenvalue weighted by Gasteiger charge is 2.16. The lowest BCUT2D eigenvalue weighted by atomic mass is 10.2. The summed E-state index contributed by atoms with van der Waals surface area (Å²) in [6.45, 7) is 1.71. The quantitative estimate of drug-likeness (QED) is 0.857.